The van der Waals surface area contributed by atoms with Crippen LogP contribution in [0.15, 0.2) is 24.3 Å². The molecule has 0 radical (unpaired) electrons. The van der Waals surface area contributed by atoms with E-state index in [-0.39, 0.29) is 12.0 Å². The summed E-state index contributed by atoms with van der Waals surface area (Å²) in [6.07, 6.45) is 5.72. The molecule has 102 valence electrons. The number of anilines is 1. The molecule has 1 fully saturated rings. The maximum absolute atomic E-state index is 9.29. The van der Waals surface area contributed by atoms with Crippen LogP contribution in [0.5, 0.6) is 5.75 Å². The van der Waals surface area contributed by atoms with Gasteiger partial charge in [0.1, 0.15) is 5.75 Å². The van der Waals surface area contributed by atoms with E-state index in [1.54, 1.807) is 0 Å². The number of benzene rings is 1. The molecule has 2 unspecified atom stereocenters. The molecule has 1 aliphatic rings. The maximum atomic E-state index is 9.29. The van der Waals surface area contributed by atoms with E-state index in [1.165, 1.54) is 19.3 Å². The molecule has 0 saturated heterocycles. The Labute approximate surface area is 115 Å². The summed E-state index contributed by atoms with van der Waals surface area (Å²) in [5.74, 6) is 1.01. The minimum atomic E-state index is 0.123. The summed E-state index contributed by atoms with van der Waals surface area (Å²) in [4.78, 5) is 0. The molecule has 1 saturated carbocycles. The van der Waals surface area contributed by atoms with Gasteiger partial charge in [0.25, 0.3) is 0 Å². The smallest absolute Gasteiger partial charge is 0.121 e. The molecular formula is C16H22N2O. The first-order valence-corrected chi connectivity index (χ1v) is 7.22. The highest BCUT2D eigenvalue weighted by Crippen LogP contribution is 2.27. The molecule has 19 heavy (non-hydrogen) atoms. The van der Waals surface area contributed by atoms with Crippen molar-refractivity contribution in [2.45, 2.75) is 45.1 Å². The van der Waals surface area contributed by atoms with Gasteiger partial charge in [0.15, 0.2) is 0 Å². The topological polar surface area (TPSA) is 45.0 Å². The molecule has 0 bridgehead atoms. The fourth-order valence-electron chi connectivity index (χ4n) is 2.69. The summed E-state index contributed by atoms with van der Waals surface area (Å²) in [6, 6.07) is 10.7. The Kier molecular flexibility index (Phi) is 5.09. The third-order valence-corrected chi connectivity index (χ3v) is 3.68. The van der Waals surface area contributed by atoms with Gasteiger partial charge < -0.3 is 10.1 Å². The van der Waals surface area contributed by atoms with Crippen molar-refractivity contribution >= 4 is 5.69 Å². The number of nitrogens with zero attached hydrogens (tertiary/aromatic N) is 1. The lowest BCUT2D eigenvalue weighted by Gasteiger charge is -2.22. The predicted molar refractivity (Wildman–Crippen MR) is 77.2 cm³/mol. The van der Waals surface area contributed by atoms with E-state index in [0.717, 1.165) is 24.3 Å². The highest BCUT2D eigenvalue weighted by molar-refractivity contribution is 5.49. The molecule has 0 amide bonds. The van der Waals surface area contributed by atoms with Crippen LogP contribution < -0.4 is 10.1 Å². The third-order valence-electron chi connectivity index (χ3n) is 3.68. The zero-order valence-electron chi connectivity index (χ0n) is 11.6. The molecule has 0 spiro atoms. The highest BCUT2D eigenvalue weighted by Gasteiger charge is 2.23. The summed E-state index contributed by atoms with van der Waals surface area (Å²) in [6.45, 7) is 2.66. The van der Waals surface area contributed by atoms with Gasteiger partial charge in [0, 0.05) is 17.8 Å². The monoisotopic (exact) mass is 258 g/mol. The van der Waals surface area contributed by atoms with Crippen LogP contribution in [0.4, 0.5) is 5.69 Å². The second kappa shape index (κ2) is 7.04. The van der Waals surface area contributed by atoms with Crippen molar-refractivity contribution in [2.24, 2.45) is 5.92 Å². The van der Waals surface area contributed by atoms with Crippen molar-refractivity contribution in [1.29, 1.82) is 5.26 Å². The molecule has 3 nitrogen and oxygen atoms in total. The summed E-state index contributed by atoms with van der Waals surface area (Å²) in [5, 5.41) is 12.8. The van der Waals surface area contributed by atoms with Crippen molar-refractivity contribution in [3.63, 3.8) is 0 Å². The average molecular weight is 258 g/mol. The highest BCUT2D eigenvalue weighted by atomic mass is 16.5. The van der Waals surface area contributed by atoms with Gasteiger partial charge in [-0.3, -0.25) is 0 Å². The Morgan fingerprint density at radius 1 is 1.32 bits per heavy atom. The quantitative estimate of drug-likeness (QED) is 0.831. The van der Waals surface area contributed by atoms with Crippen molar-refractivity contribution < 1.29 is 4.74 Å². The van der Waals surface area contributed by atoms with Crippen LogP contribution in [0.2, 0.25) is 0 Å². The second-order valence-electron chi connectivity index (χ2n) is 5.09. The van der Waals surface area contributed by atoms with Crippen LogP contribution in [0.25, 0.3) is 0 Å². The first kappa shape index (κ1) is 13.7. The number of rotatable bonds is 4. The van der Waals surface area contributed by atoms with Gasteiger partial charge in [-0.15, -0.1) is 0 Å². The van der Waals surface area contributed by atoms with E-state index >= 15 is 0 Å². The molecule has 1 aromatic carbocycles. The van der Waals surface area contributed by atoms with Gasteiger partial charge in [-0.1, -0.05) is 25.3 Å². The number of nitrogens with one attached hydrogen (secondary N) is 1. The SMILES string of the molecule is CCOc1cccc(NC2CCCCCC2C#N)c1. The minimum absolute atomic E-state index is 0.123. The molecule has 2 rings (SSSR count). The zero-order chi connectivity index (χ0) is 13.5. The lowest BCUT2D eigenvalue weighted by Crippen LogP contribution is -2.27. The summed E-state index contributed by atoms with van der Waals surface area (Å²) < 4.78 is 5.51. The normalized spacial score (nSPS) is 23.2. The van der Waals surface area contributed by atoms with Gasteiger partial charge >= 0.3 is 0 Å². The summed E-state index contributed by atoms with van der Waals surface area (Å²) in [7, 11) is 0. The maximum Gasteiger partial charge on any atom is 0.121 e. The zero-order valence-corrected chi connectivity index (χ0v) is 11.6. The van der Waals surface area contributed by atoms with E-state index in [2.05, 4.69) is 11.4 Å². The standard InChI is InChI=1S/C16H22N2O/c1-2-19-15-9-6-8-14(11-15)18-16-10-5-3-4-7-13(16)12-17/h6,8-9,11,13,16,18H,2-5,7,10H2,1H3. The summed E-state index contributed by atoms with van der Waals surface area (Å²) in [5.41, 5.74) is 1.05. The fraction of sp³-hybridized carbons (Fsp3) is 0.562. The Bertz CT molecular complexity index is 439. The average Bonchev–Trinajstić information content (AvgIpc) is 2.64. The van der Waals surface area contributed by atoms with E-state index in [1.807, 2.05) is 31.2 Å². The van der Waals surface area contributed by atoms with Crippen LogP contribution in [0, 0.1) is 17.2 Å². The third kappa shape index (κ3) is 3.89. The molecule has 1 aromatic rings. The first-order chi connectivity index (χ1) is 9.33. The van der Waals surface area contributed by atoms with E-state index in [0.29, 0.717) is 6.61 Å². The Hall–Kier alpha value is -1.69. The number of ether oxygens (including phenoxy) is 1. The van der Waals surface area contributed by atoms with Gasteiger partial charge in [0.2, 0.25) is 0 Å². The lowest BCUT2D eigenvalue weighted by atomic mass is 9.96. The van der Waals surface area contributed by atoms with Crippen molar-refractivity contribution in [2.75, 3.05) is 11.9 Å². The first-order valence-electron chi connectivity index (χ1n) is 7.22. The second-order valence-corrected chi connectivity index (χ2v) is 5.09. The molecule has 1 N–H and O–H groups in total. The van der Waals surface area contributed by atoms with Crippen LogP contribution in [0.3, 0.4) is 0 Å². The number of nitriles is 1. The van der Waals surface area contributed by atoms with Crippen LogP contribution in [-0.4, -0.2) is 12.6 Å². The van der Waals surface area contributed by atoms with Gasteiger partial charge in [-0.2, -0.15) is 5.26 Å². The number of hydrogen-bond acceptors (Lipinski definition) is 3. The van der Waals surface area contributed by atoms with Crippen molar-refractivity contribution in [3.05, 3.63) is 24.3 Å². The Morgan fingerprint density at radius 2 is 2.16 bits per heavy atom. The van der Waals surface area contributed by atoms with Crippen LogP contribution in [-0.2, 0) is 0 Å². The fourth-order valence-corrected chi connectivity index (χ4v) is 2.69. The largest absolute Gasteiger partial charge is 0.494 e. The molecule has 1 aliphatic carbocycles. The van der Waals surface area contributed by atoms with E-state index in [4.69, 9.17) is 4.74 Å². The van der Waals surface area contributed by atoms with Gasteiger partial charge in [0.05, 0.1) is 18.6 Å². The molecule has 0 heterocycles. The minimum Gasteiger partial charge on any atom is -0.494 e. The predicted octanol–water partition coefficient (Wildman–Crippen LogP) is 3.97. The van der Waals surface area contributed by atoms with Gasteiger partial charge in [-0.25, -0.2) is 0 Å². The van der Waals surface area contributed by atoms with Crippen LogP contribution >= 0.6 is 0 Å². The Balaban J connectivity index is 2.05. The molecule has 2 atom stereocenters. The van der Waals surface area contributed by atoms with Crippen molar-refractivity contribution in [3.8, 4) is 11.8 Å². The van der Waals surface area contributed by atoms with Crippen molar-refractivity contribution in [1.82, 2.24) is 0 Å². The molecule has 0 aromatic heterocycles. The van der Waals surface area contributed by atoms with E-state index in [9.17, 15) is 5.26 Å². The lowest BCUT2D eigenvalue weighted by molar-refractivity contribution is 0.340. The van der Waals surface area contributed by atoms with Crippen LogP contribution in [0.1, 0.15) is 39.0 Å². The Morgan fingerprint density at radius 3 is 2.95 bits per heavy atom. The molecular weight excluding hydrogens is 236 g/mol. The number of hydrogen-bond donors (Lipinski definition) is 1. The molecule has 0 aliphatic heterocycles. The molecule has 3 heteroatoms. The summed E-state index contributed by atoms with van der Waals surface area (Å²) >= 11 is 0. The van der Waals surface area contributed by atoms with E-state index < -0.39 is 0 Å². The van der Waals surface area contributed by atoms with Gasteiger partial charge in [-0.05, 0) is 31.9 Å².